The van der Waals surface area contributed by atoms with Crippen LogP contribution in [0.25, 0.3) is 0 Å². The van der Waals surface area contributed by atoms with Crippen molar-refractivity contribution in [3.05, 3.63) is 35.4 Å². The van der Waals surface area contributed by atoms with E-state index >= 15 is 0 Å². The first-order chi connectivity index (χ1) is 9.61. The zero-order valence-corrected chi connectivity index (χ0v) is 12.1. The Morgan fingerprint density at radius 1 is 1.30 bits per heavy atom. The number of carbonyl (C=O) groups excluding carboxylic acids is 2. The van der Waals surface area contributed by atoms with Crippen molar-refractivity contribution >= 4 is 11.9 Å². The first-order valence-corrected chi connectivity index (χ1v) is 7.11. The van der Waals surface area contributed by atoms with E-state index in [9.17, 15) is 9.59 Å². The van der Waals surface area contributed by atoms with Crippen LogP contribution in [0.1, 0.15) is 30.9 Å². The molecule has 0 radical (unpaired) electrons. The van der Waals surface area contributed by atoms with Gasteiger partial charge in [0.05, 0.1) is 13.0 Å². The van der Waals surface area contributed by atoms with Gasteiger partial charge in [-0.1, -0.05) is 24.3 Å². The van der Waals surface area contributed by atoms with E-state index < -0.39 is 0 Å². The molecule has 1 aliphatic rings. The Labute approximate surface area is 119 Å². The molecule has 0 bridgehead atoms. The summed E-state index contributed by atoms with van der Waals surface area (Å²) in [5.74, 6) is -0.313. The number of ether oxygens (including phenoxy) is 1. The van der Waals surface area contributed by atoms with Crippen LogP contribution in [0.2, 0.25) is 0 Å². The fraction of sp³-hybridized carbons (Fsp3) is 0.500. The molecule has 1 aromatic carbocycles. The first-order valence-electron chi connectivity index (χ1n) is 7.11. The smallest absolute Gasteiger partial charge is 0.325 e. The molecule has 4 nitrogen and oxygen atoms in total. The summed E-state index contributed by atoms with van der Waals surface area (Å²) < 4.78 is 4.94. The minimum atomic E-state index is -0.322. The number of nitrogens with zero attached hydrogens (tertiary/aromatic N) is 1. The van der Waals surface area contributed by atoms with Crippen LogP contribution >= 0.6 is 0 Å². The Bertz CT molecular complexity index is 494. The van der Waals surface area contributed by atoms with Crippen molar-refractivity contribution in [3.8, 4) is 0 Å². The second-order valence-corrected chi connectivity index (χ2v) is 5.16. The molecule has 0 aliphatic heterocycles. The van der Waals surface area contributed by atoms with Crippen molar-refractivity contribution in [3.63, 3.8) is 0 Å². The second-order valence-electron chi connectivity index (χ2n) is 5.16. The van der Waals surface area contributed by atoms with Crippen molar-refractivity contribution in [1.29, 1.82) is 0 Å². The minimum Gasteiger partial charge on any atom is -0.465 e. The van der Waals surface area contributed by atoms with E-state index in [-0.39, 0.29) is 24.5 Å². The average molecular weight is 275 g/mol. The third-order valence-electron chi connectivity index (χ3n) is 3.52. The van der Waals surface area contributed by atoms with Crippen molar-refractivity contribution in [1.82, 2.24) is 4.90 Å². The molecule has 20 heavy (non-hydrogen) atoms. The molecule has 108 valence electrons. The highest BCUT2D eigenvalue weighted by Crippen LogP contribution is 2.27. The average Bonchev–Trinajstić information content (AvgIpc) is 3.23. The molecule has 0 heterocycles. The largest absolute Gasteiger partial charge is 0.465 e. The quantitative estimate of drug-likeness (QED) is 0.747. The number of carbonyl (C=O) groups is 2. The van der Waals surface area contributed by atoms with Gasteiger partial charge in [-0.3, -0.25) is 9.59 Å². The zero-order valence-electron chi connectivity index (χ0n) is 12.1. The van der Waals surface area contributed by atoms with Gasteiger partial charge < -0.3 is 9.64 Å². The van der Waals surface area contributed by atoms with E-state index in [4.69, 9.17) is 4.74 Å². The summed E-state index contributed by atoms with van der Waals surface area (Å²) in [4.78, 5) is 25.7. The Kier molecular flexibility index (Phi) is 4.77. The molecule has 1 aromatic rings. The van der Waals surface area contributed by atoms with Crippen molar-refractivity contribution in [2.75, 3.05) is 13.2 Å². The van der Waals surface area contributed by atoms with E-state index in [0.29, 0.717) is 13.0 Å². The van der Waals surface area contributed by atoms with Crippen molar-refractivity contribution < 1.29 is 14.3 Å². The maximum Gasteiger partial charge on any atom is 0.325 e. The lowest BCUT2D eigenvalue weighted by molar-refractivity contribution is -0.149. The van der Waals surface area contributed by atoms with Gasteiger partial charge in [0.25, 0.3) is 0 Å². The predicted molar refractivity (Wildman–Crippen MR) is 76.3 cm³/mol. The topological polar surface area (TPSA) is 46.6 Å². The van der Waals surface area contributed by atoms with E-state index in [2.05, 4.69) is 0 Å². The predicted octanol–water partition coefficient (Wildman–Crippen LogP) is 2.09. The summed E-state index contributed by atoms with van der Waals surface area (Å²) in [5, 5.41) is 0. The Morgan fingerprint density at radius 2 is 2.00 bits per heavy atom. The maximum atomic E-state index is 12.4. The highest BCUT2D eigenvalue weighted by molar-refractivity contribution is 5.84. The van der Waals surface area contributed by atoms with Crippen LogP contribution in [0.4, 0.5) is 0 Å². The van der Waals surface area contributed by atoms with Crippen LogP contribution < -0.4 is 0 Å². The van der Waals surface area contributed by atoms with Crippen LogP contribution in [-0.2, 0) is 20.7 Å². The van der Waals surface area contributed by atoms with Crippen LogP contribution in [-0.4, -0.2) is 36.0 Å². The molecule has 4 heteroatoms. The molecule has 0 saturated heterocycles. The Morgan fingerprint density at radius 3 is 2.60 bits per heavy atom. The van der Waals surface area contributed by atoms with Crippen LogP contribution in [0.3, 0.4) is 0 Å². The normalized spacial score (nSPS) is 13.9. The van der Waals surface area contributed by atoms with Crippen molar-refractivity contribution in [2.45, 2.75) is 39.2 Å². The molecule has 2 rings (SSSR count). The van der Waals surface area contributed by atoms with Gasteiger partial charge in [0, 0.05) is 6.04 Å². The molecule has 1 amide bonds. The highest BCUT2D eigenvalue weighted by atomic mass is 16.5. The molecule has 1 saturated carbocycles. The number of hydrogen-bond acceptors (Lipinski definition) is 3. The van der Waals surface area contributed by atoms with Gasteiger partial charge in [-0.25, -0.2) is 0 Å². The SMILES string of the molecule is CCOC(=O)CN(C(=O)Cc1ccccc1C)C1CC1. The maximum absolute atomic E-state index is 12.4. The van der Waals surface area contributed by atoms with E-state index in [1.807, 2.05) is 31.2 Å². The Balaban J connectivity index is 2.00. The molecule has 0 aromatic heterocycles. The fourth-order valence-electron chi connectivity index (χ4n) is 2.23. The third-order valence-corrected chi connectivity index (χ3v) is 3.52. The van der Waals surface area contributed by atoms with E-state index in [1.165, 1.54) is 0 Å². The van der Waals surface area contributed by atoms with Gasteiger partial charge in [-0.05, 0) is 37.8 Å². The molecule has 1 aliphatic carbocycles. The number of hydrogen-bond donors (Lipinski definition) is 0. The van der Waals surface area contributed by atoms with Crippen molar-refractivity contribution in [2.24, 2.45) is 0 Å². The Hall–Kier alpha value is -1.84. The van der Waals surface area contributed by atoms with Crippen LogP contribution in [0.15, 0.2) is 24.3 Å². The molecule has 0 atom stereocenters. The lowest BCUT2D eigenvalue weighted by Gasteiger charge is -2.21. The van der Waals surface area contributed by atoms with Gasteiger partial charge in [-0.2, -0.15) is 0 Å². The zero-order chi connectivity index (χ0) is 14.5. The van der Waals surface area contributed by atoms with Gasteiger partial charge in [0.15, 0.2) is 0 Å². The summed E-state index contributed by atoms with van der Waals surface area (Å²) in [6, 6.07) is 8.07. The molecule has 0 unspecified atom stereocenters. The molecule has 0 spiro atoms. The fourth-order valence-corrected chi connectivity index (χ4v) is 2.23. The van der Waals surface area contributed by atoms with E-state index in [1.54, 1.807) is 11.8 Å². The lowest BCUT2D eigenvalue weighted by Crippen LogP contribution is -2.39. The lowest BCUT2D eigenvalue weighted by atomic mass is 10.1. The summed E-state index contributed by atoms with van der Waals surface area (Å²) in [7, 11) is 0. The first kappa shape index (κ1) is 14.6. The summed E-state index contributed by atoms with van der Waals surface area (Å²) in [6.07, 6.45) is 2.32. The molecule has 0 N–H and O–H groups in total. The van der Waals surface area contributed by atoms with Gasteiger partial charge in [-0.15, -0.1) is 0 Å². The van der Waals surface area contributed by atoms with Gasteiger partial charge >= 0.3 is 5.97 Å². The second kappa shape index (κ2) is 6.55. The number of esters is 1. The molecular weight excluding hydrogens is 254 g/mol. The molecular formula is C16H21NO3. The van der Waals surface area contributed by atoms with Crippen LogP contribution in [0, 0.1) is 6.92 Å². The highest BCUT2D eigenvalue weighted by Gasteiger charge is 2.34. The minimum absolute atomic E-state index is 0.00912. The summed E-state index contributed by atoms with van der Waals surface area (Å²) in [6.45, 7) is 4.19. The monoisotopic (exact) mass is 275 g/mol. The van der Waals surface area contributed by atoms with Gasteiger partial charge in [0.2, 0.25) is 5.91 Å². The summed E-state index contributed by atoms with van der Waals surface area (Å²) in [5.41, 5.74) is 2.12. The van der Waals surface area contributed by atoms with Crippen LogP contribution in [0.5, 0.6) is 0 Å². The number of rotatable bonds is 6. The number of aryl methyl sites for hydroxylation is 1. The third kappa shape index (κ3) is 3.83. The number of benzene rings is 1. The molecule has 1 fully saturated rings. The standard InChI is InChI=1S/C16H21NO3/c1-3-20-16(19)11-17(14-8-9-14)15(18)10-13-7-5-4-6-12(13)2/h4-7,14H,3,8-11H2,1-2H3. The number of amides is 1. The van der Waals surface area contributed by atoms with Gasteiger partial charge in [0.1, 0.15) is 6.54 Å². The van der Waals surface area contributed by atoms with E-state index in [0.717, 1.165) is 24.0 Å². The summed E-state index contributed by atoms with van der Waals surface area (Å²) >= 11 is 0.